The van der Waals surface area contributed by atoms with Crippen molar-refractivity contribution in [2.45, 2.75) is 31.1 Å². The Morgan fingerprint density at radius 1 is 1.24 bits per heavy atom. The predicted molar refractivity (Wildman–Crippen MR) is 97.4 cm³/mol. The number of benzene rings is 1. The number of hydrogen-bond donors (Lipinski definition) is 4. The largest absolute Gasteiger partial charge is 0.394 e. The zero-order valence-electron chi connectivity index (χ0n) is 15.0. The van der Waals surface area contributed by atoms with Gasteiger partial charge in [-0.25, -0.2) is 9.37 Å². The highest BCUT2D eigenvalue weighted by atomic mass is 19.1. The Kier molecular flexibility index (Phi) is 5.15. The number of anilines is 1. The number of fused-ring (bicyclic) bond motifs is 1. The van der Waals surface area contributed by atoms with Crippen molar-refractivity contribution in [3.05, 3.63) is 42.0 Å². The van der Waals surface area contributed by atoms with Crippen LogP contribution in [-0.2, 0) is 11.3 Å². The van der Waals surface area contributed by atoms with E-state index >= 15 is 0 Å². The van der Waals surface area contributed by atoms with Gasteiger partial charge in [-0.15, -0.1) is 5.11 Å². The molecule has 0 spiro atoms. The maximum Gasteiger partial charge on any atom is 0.272 e. The summed E-state index contributed by atoms with van der Waals surface area (Å²) in [6.07, 6.45) is -3.22. The molecule has 11 nitrogen and oxygen atoms in total. The van der Waals surface area contributed by atoms with Crippen LogP contribution in [0.3, 0.4) is 0 Å². The summed E-state index contributed by atoms with van der Waals surface area (Å²) in [5.74, 6) is -0.387. The van der Waals surface area contributed by atoms with Crippen molar-refractivity contribution >= 4 is 22.9 Å². The Labute approximate surface area is 163 Å². The lowest BCUT2D eigenvalue weighted by Gasteiger charge is -2.16. The van der Waals surface area contributed by atoms with Gasteiger partial charge in [0.1, 0.15) is 29.6 Å². The number of aliphatic hydroxyl groups excluding tert-OH is 3. The highest BCUT2D eigenvalue weighted by molar-refractivity contribution is 5.82. The molecule has 1 aliphatic heterocycles. The van der Waals surface area contributed by atoms with Gasteiger partial charge in [0.05, 0.1) is 19.5 Å². The van der Waals surface area contributed by atoms with E-state index in [1.165, 1.54) is 23.0 Å². The molecule has 152 valence electrons. The number of nitrogen functional groups attached to an aromatic ring is 1. The van der Waals surface area contributed by atoms with E-state index in [4.69, 9.17) is 10.5 Å². The number of aromatic nitrogens is 4. The van der Waals surface area contributed by atoms with Crippen LogP contribution in [0.15, 0.2) is 40.8 Å². The Balaban J connectivity index is 1.62. The SMILES string of the molecule is Nc1nc(N=NCc2cccc(F)c2)nc2c1ncn2C1O[C@H](CO)[C@@H](O)[C@H]1O. The van der Waals surface area contributed by atoms with E-state index in [9.17, 15) is 19.7 Å². The summed E-state index contributed by atoms with van der Waals surface area (Å²) < 4.78 is 20.1. The molecule has 1 aromatic carbocycles. The molecule has 1 unspecified atom stereocenters. The normalized spacial score (nSPS) is 24.7. The Hall–Kier alpha value is -3.06. The molecule has 5 N–H and O–H groups in total. The molecule has 3 aromatic rings. The van der Waals surface area contributed by atoms with Crippen LogP contribution in [-0.4, -0.2) is 59.8 Å². The summed E-state index contributed by atoms with van der Waals surface area (Å²) >= 11 is 0. The van der Waals surface area contributed by atoms with E-state index in [-0.39, 0.29) is 35.3 Å². The first-order chi connectivity index (χ1) is 14.0. The minimum Gasteiger partial charge on any atom is -0.394 e. The van der Waals surface area contributed by atoms with Gasteiger partial charge < -0.3 is 25.8 Å². The number of ether oxygens (including phenoxy) is 1. The van der Waals surface area contributed by atoms with E-state index in [1.54, 1.807) is 12.1 Å². The third kappa shape index (κ3) is 3.65. The van der Waals surface area contributed by atoms with Gasteiger partial charge in [0.2, 0.25) is 0 Å². The zero-order chi connectivity index (χ0) is 20.5. The molecular formula is C17H18FN7O4. The standard InChI is InChI=1S/C17H18FN7O4/c18-9-3-1-2-8(4-9)5-21-24-17-22-14(19)11-15(23-17)25(7-20-11)16-13(28)12(27)10(6-26)29-16/h1-4,7,10,12-13,16,26-28H,5-6H2,(H2,19,22,23)/t10-,12-,13-,16?/m1/s1. The van der Waals surface area contributed by atoms with Gasteiger partial charge in [-0.2, -0.15) is 15.1 Å². The van der Waals surface area contributed by atoms with Crippen LogP contribution in [0.4, 0.5) is 16.2 Å². The number of azo groups is 1. The fourth-order valence-corrected chi connectivity index (χ4v) is 3.08. The van der Waals surface area contributed by atoms with Crippen molar-refractivity contribution in [1.29, 1.82) is 0 Å². The number of imidazole rings is 1. The number of halogens is 1. The maximum absolute atomic E-state index is 13.2. The number of hydrogen-bond acceptors (Lipinski definition) is 10. The lowest BCUT2D eigenvalue weighted by molar-refractivity contribution is -0.0511. The Morgan fingerprint density at radius 2 is 2.07 bits per heavy atom. The smallest absolute Gasteiger partial charge is 0.272 e. The molecular weight excluding hydrogens is 385 g/mol. The lowest BCUT2D eigenvalue weighted by Crippen LogP contribution is -2.33. The Bertz CT molecular complexity index is 1060. The quantitative estimate of drug-likeness (QED) is 0.446. The van der Waals surface area contributed by atoms with Gasteiger partial charge in [-0.3, -0.25) is 4.57 Å². The average molecular weight is 403 g/mol. The molecule has 1 aliphatic rings. The summed E-state index contributed by atoms with van der Waals surface area (Å²) in [7, 11) is 0. The topological polar surface area (TPSA) is 164 Å². The second-order valence-electron chi connectivity index (χ2n) is 6.49. The maximum atomic E-state index is 13.2. The van der Waals surface area contributed by atoms with Gasteiger partial charge >= 0.3 is 0 Å². The second kappa shape index (κ2) is 7.75. The van der Waals surface area contributed by atoms with Crippen molar-refractivity contribution in [2.24, 2.45) is 10.2 Å². The summed E-state index contributed by atoms with van der Waals surface area (Å²) in [6, 6.07) is 5.95. The van der Waals surface area contributed by atoms with Crippen LogP contribution in [0.1, 0.15) is 11.8 Å². The second-order valence-corrected chi connectivity index (χ2v) is 6.49. The van der Waals surface area contributed by atoms with Gasteiger partial charge in [0.25, 0.3) is 5.95 Å². The van der Waals surface area contributed by atoms with Gasteiger partial charge in [0.15, 0.2) is 17.7 Å². The summed E-state index contributed by atoms with van der Waals surface area (Å²) in [4.78, 5) is 12.4. The molecule has 1 saturated heterocycles. The van der Waals surface area contributed by atoms with Gasteiger partial charge in [-0.1, -0.05) is 12.1 Å². The van der Waals surface area contributed by atoms with E-state index < -0.39 is 31.1 Å². The van der Waals surface area contributed by atoms with Crippen LogP contribution in [0, 0.1) is 5.82 Å². The molecule has 29 heavy (non-hydrogen) atoms. The van der Waals surface area contributed by atoms with Gasteiger partial charge in [-0.05, 0) is 17.7 Å². The first kappa shape index (κ1) is 19.3. The van der Waals surface area contributed by atoms with Crippen molar-refractivity contribution in [3.8, 4) is 0 Å². The zero-order valence-corrected chi connectivity index (χ0v) is 15.0. The van der Waals surface area contributed by atoms with E-state index in [0.717, 1.165) is 0 Å². The van der Waals surface area contributed by atoms with Crippen molar-refractivity contribution < 1.29 is 24.4 Å². The van der Waals surface area contributed by atoms with Crippen molar-refractivity contribution in [1.82, 2.24) is 19.5 Å². The summed E-state index contributed by atoms with van der Waals surface area (Å²) in [5.41, 5.74) is 7.01. The average Bonchev–Trinajstić information content (AvgIpc) is 3.24. The number of rotatable bonds is 5. The number of nitrogens with zero attached hydrogens (tertiary/aromatic N) is 6. The van der Waals surface area contributed by atoms with Crippen LogP contribution < -0.4 is 5.73 Å². The molecule has 0 saturated carbocycles. The molecule has 1 fully saturated rings. The third-order valence-corrected chi connectivity index (χ3v) is 4.53. The molecule has 0 amide bonds. The fourth-order valence-electron chi connectivity index (χ4n) is 3.08. The fraction of sp³-hybridized carbons (Fsp3) is 0.353. The molecule has 12 heteroatoms. The van der Waals surface area contributed by atoms with E-state index in [2.05, 4.69) is 25.2 Å². The van der Waals surface area contributed by atoms with E-state index in [1.807, 2.05) is 0 Å². The molecule has 3 heterocycles. The number of aliphatic hydroxyl groups is 3. The number of nitrogens with two attached hydrogens (primary N) is 1. The van der Waals surface area contributed by atoms with Gasteiger partial charge in [0, 0.05) is 0 Å². The third-order valence-electron chi connectivity index (χ3n) is 4.53. The first-order valence-electron chi connectivity index (χ1n) is 8.72. The highest BCUT2D eigenvalue weighted by Crippen LogP contribution is 2.32. The molecule has 2 aromatic heterocycles. The van der Waals surface area contributed by atoms with Crippen LogP contribution >= 0.6 is 0 Å². The van der Waals surface area contributed by atoms with Crippen LogP contribution in [0.5, 0.6) is 0 Å². The monoisotopic (exact) mass is 403 g/mol. The Morgan fingerprint density at radius 3 is 2.79 bits per heavy atom. The summed E-state index contributed by atoms with van der Waals surface area (Å²) in [6.45, 7) is -0.342. The minimum absolute atomic E-state index is 0.0419. The summed E-state index contributed by atoms with van der Waals surface area (Å²) in [5, 5.41) is 37.3. The molecule has 0 radical (unpaired) electrons. The van der Waals surface area contributed by atoms with E-state index in [0.29, 0.717) is 5.56 Å². The molecule has 0 bridgehead atoms. The molecule has 0 aliphatic carbocycles. The predicted octanol–water partition coefficient (Wildman–Crippen LogP) is 0.443. The molecule has 4 atom stereocenters. The van der Waals surface area contributed by atoms with Crippen LogP contribution in [0.25, 0.3) is 11.2 Å². The van der Waals surface area contributed by atoms with Crippen molar-refractivity contribution in [3.63, 3.8) is 0 Å². The minimum atomic E-state index is -1.31. The lowest BCUT2D eigenvalue weighted by atomic mass is 10.1. The highest BCUT2D eigenvalue weighted by Gasteiger charge is 2.44. The first-order valence-corrected chi connectivity index (χ1v) is 8.72. The molecule has 4 rings (SSSR count). The van der Waals surface area contributed by atoms with Crippen molar-refractivity contribution in [2.75, 3.05) is 12.3 Å². The van der Waals surface area contributed by atoms with Crippen LogP contribution in [0.2, 0.25) is 0 Å².